The molecule has 0 spiro atoms. The molecule has 0 amide bonds. The van der Waals surface area contributed by atoms with Gasteiger partial charge in [-0.25, -0.2) is 0 Å². The van der Waals surface area contributed by atoms with E-state index in [1.54, 1.807) is 0 Å². The molecule has 0 fully saturated rings. The van der Waals surface area contributed by atoms with E-state index in [0.717, 1.165) is 19.3 Å². The van der Waals surface area contributed by atoms with Crippen molar-refractivity contribution >= 4 is 17.4 Å². The van der Waals surface area contributed by atoms with E-state index in [4.69, 9.17) is 11.6 Å². The average Bonchev–Trinajstić information content (AvgIpc) is 2.00. The van der Waals surface area contributed by atoms with Crippen molar-refractivity contribution in [3.05, 3.63) is 11.1 Å². The Kier molecular flexibility index (Phi) is 6.24. The summed E-state index contributed by atoms with van der Waals surface area (Å²) >= 11 is 5.77. The first-order chi connectivity index (χ1) is 5.20. The Morgan fingerprint density at radius 2 is 2.09 bits per heavy atom. The van der Waals surface area contributed by atoms with Crippen molar-refractivity contribution in [2.24, 2.45) is 0 Å². The van der Waals surface area contributed by atoms with Crippen LogP contribution in [0.2, 0.25) is 0 Å². The zero-order chi connectivity index (χ0) is 8.69. The predicted octanol–water partition coefficient (Wildman–Crippen LogP) is 3.28. The predicted molar refractivity (Wildman–Crippen MR) is 48.8 cm³/mol. The van der Waals surface area contributed by atoms with E-state index < -0.39 is 0 Å². The Bertz CT molecular complexity index is 150. The number of halogens is 1. The third kappa shape index (κ3) is 6.11. The van der Waals surface area contributed by atoms with Crippen LogP contribution in [0.3, 0.4) is 0 Å². The quantitative estimate of drug-likeness (QED) is 0.585. The molecular formula is C9H15ClO. The van der Waals surface area contributed by atoms with Gasteiger partial charge in [0, 0.05) is 11.5 Å². The lowest BCUT2D eigenvalue weighted by molar-refractivity contribution is -0.114. The van der Waals surface area contributed by atoms with Gasteiger partial charge in [0.2, 0.25) is 0 Å². The summed E-state index contributed by atoms with van der Waals surface area (Å²) in [6.07, 6.45) is 5.10. The average molecular weight is 175 g/mol. The highest BCUT2D eigenvalue weighted by atomic mass is 35.5. The van der Waals surface area contributed by atoms with Gasteiger partial charge in [-0.2, -0.15) is 0 Å². The van der Waals surface area contributed by atoms with Crippen molar-refractivity contribution in [2.75, 3.05) is 0 Å². The number of allylic oxidation sites excluding steroid dienone is 2. The second-order valence-electron chi connectivity index (χ2n) is 2.51. The number of unbranched alkanes of at least 4 members (excludes halogenated alkanes) is 1. The van der Waals surface area contributed by atoms with Crippen LogP contribution >= 0.6 is 11.6 Å². The first kappa shape index (κ1) is 10.7. The highest BCUT2D eigenvalue weighted by molar-refractivity contribution is 6.31. The van der Waals surface area contributed by atoms with Crippen LogP contribution in [0.15, 0.2) is 11.1 Å². The lowest BCUT2D eigenvalue weighted by Gasteiger charge is -1.94. The van der Waals surface area contributed by atoms with Crippen molar-refractivity contribution in [2.45, 2.75) is 39.5 Å². The van der Waals surface area contributed by atoms with Crippen LogP contribution in [0.5, 0.6) is 0 Å². The van der Waals surface area contributed by atoms with Gasteiger partial charge >= 0.3 is 0 Å². The molecule has 0 aromatic heterocycles. The SMILES string of the molecule is CCCC/C(Cl)=C/C(=O)CC. The molecule has 0 saturated heterocycles. The van der Waals surface area contributed by atoms with Crippen molar-refractivity contribution in [3.8, 4) is 0 Å². The Labute approximate surface area is 73.4 Å². The molecule has 0 rings (SSSR count). The van der Waals surface area contributed by atoms with Gasteiger partial charge in [0.1, 0.15) is 0 Å². The molecular weight excluding hydrogens is 160 g/mol. The van der Waals surface area contributed by atoms with Crippen LogP contribution in [-0.2, 0) is 4.79 Å². The van der Waals surface area contributed by atoms with E-state index in [1.165, 1.54) is 6.08 Å². The molecule has 0 aliphatic rings. The summed E-state index contributed by atoms with van der Waals surface area (Å²) in [6.45, 7) is 3.94. The Balaban J connectivity index is 3.70. The maximum absolute atomic E-state index is 10.8. The van der Waals surface area contributed by atoms with Gasteiger partial charge in [0.05, 0.1) is 0 Å². The van der Waals surface area contributed by atoms with E-state index in [0.29, 0.717) is 11.5 Å². The van der Waals surface area contributed by atoms with Gasteiger partial charge in [0.25, 0.3) is 0 Å². The van der Waals surface area contributed by atoms with Crippen LogP contribution < -0.4 is 0 Å². The van der Waals surface area contributed by atoms with Crippen molar-refractivity contribution in [3.63, 3.8) is 0 Å². The molecule has 0 atom stereocenters. The van der Waals surface area contributed by atoms with Gasteiger partial charge in [-0.3, -0.25) is 4.79 Å². The second kappa shape index (κ2) is 6.41. The summed E-state index contributed by atoms with van der Waals surface area (Å²) in [5.74, 6) is 0.117. The first-order valence-corrected chi connectivity index (χ1v) is 4.47. The molecule has 0 radical (unpaired) electrons. The van der Waals surface area contributed by atoms with Crippen LogP contribution in [-0.4, -0.2) is 5.78 Å². The van der Waals surface area contributed by atoms with Gasteiger partial charge in [-0.15, -0.1) is 0 Å². The van der Waals surface area contributed by atoms with E-state index in [1.807, 2.05) is 6.92 Å². The highest BCUT2D eigenvalue weighted by Crippen LogP contribution is 2.11. The molecule has 0 aromatic carbocycles. The number of ketones is 1. The Hall–Kier alpha value is -0.300. The second-order valence-corrected chi connectivity index (χ2v) is 3.00. The van der Waals surface area contributed by atoms with Crippen molar-refractivity contribution in [1.82, 2.24) is 0 Å². The van der Waals surface area contributed by atoms with Crippen LogP contribution in [0.25, 0.3) is 0 Å². The molecule has 0 unspecified atom stereocenters. The molecule has 0 aliphatic carbocycles. The van der Waals surface area contributed by atoms with E-state index in [-0.39, 0.29) is 5.78 Å². The lowest BCUT2D eigenvalue weighted by atomic mass is 10.2. The smallest absolute Gasteiger partial charge is 0.156 e. The Morgan fingerprint density at radius 3 is 2.55 bits per heavy atom. The number of carbonyl (C=O) groups excluding carboxylic acids is 1. The maximum Gasteiger partial charge on any atom is 0.156 e. The van der Waals surface area contributed by atoms with E-state index >= 15 is 0 Å². The fourth-order valence-electron chi connectivity index (χ4n) is 0.695. The fraction of sp³-hybridized carbons (Fsp3) is 0.667. The van der Waals surface area contributed by atoms with Gasteiger partial charge < -0.3 is 0 Å². The number of hydrogen-bond donors (Lipinski definition) is 0. The molecule has 1 nitrogen and oxygen atoms in total. The van der Waals surface area contributed by atoms with Gasteiger partial charge in [-0.1, -0.05) is 31.9 Å². The Morgan fingerprint density at radius 1 is 1.45 bits per heavy atom. The zero-order valence-electron chi connectivity index (χ0n) is 7.19. The lowest BCUT2D eigenvalue weighted by Crippen LogP contribution is -1.89. The molecule has 0 saturated carbocycles. The summed E-state index contributed by atoms with van der Waals surface area (Å²) in [4.78, 5) is 10.8. The minimum atomic E-state index is 0.117. The van der Waals surface area contributed by atoms with E-state index in [9.17, 15) is 4.79 Å². The number of rotatable bonds is 5. The van der Waals surface area contributed by atoms with Gasteiger partial charge in [0.15, 0.2) is 5.78 Å². The van der Waals surface area contributed by atoms with Crippen LogP contribution in [0.1, 0.15) is 39.5 Å². The highest BCUT2D eigenvalue weighted by Gasteiger charge is 1.96. The minimum absolute atomic E-state index is 0.117. The molecule has 0 aromatic rings. The van der Waals surface area contributed by atoms with Gasteiger partial charge in [-0.05, 0) is 18.9 Å². The molecule has 0 heterocycles. The molecule has 2 heteroatoms. The molecule has 0 aliphatic heterocycles. The molecule has 11 heavy (non-hydrogen) atoms. The number of carbonyl (C=O) groups is 1. The minimum Gasteiger partial charge on any atom is -0.295 e. The summed E-state index contributed by atoms with van der Waals surface area (Å²) in [5.41, 5.74) is 0. The summed E-state index contributed by atoms with van der Waals surface area (Å²) in [6, 6.07) is 0. The topological polar surface area (TPSA) is 17.1 Å². The maximum atomic E-state index is 10.8. The third-order valence-corrected chi connectivity index (χ3v) is 1.73. The third-order valence-electron chi connectivity index (χ3n) is 1.44. The monoisotopic (exact) mass is 174 g/mol. The summed E-state index contributed by atoms with van der Waals surface area (Å²) in [7, 11) is 0. The first-order valence-electron chi connectivity index (χ1n) is 4.09. The van der Waals surface area contributed by atoms with E-state index in [2.05, 4.69) is 6.92 Å². The van der Waals surface area contributed by atoms with Crippen molar-refractivity contribution in [1.29, 1.82) is 0 Å². The number of hydrogen-bond acceptors (Lipinski definition) is 1. The normalized spacial score (nSPS) is 11.7. The largest absolute Gasteiger partial charge is 0.295 e. The summed E-state index contributed by atoms with van der Waals surface area (Å²) < 4.78 is 0. The zero-order valence-corrected chi connectivity index (χ0v) is 7.95. The van der Waals surface area contributed by atoms with Crippen LogP contribution in [0.4, 0.5) is 0 Å². The summed E-state index contributed by atoms with van der Waals surface area (Å²) in [5, 5.41) is 0.693. The van der Waals surface area contributed by atoms with Crippen molar-refractivity contribution < 1.29 is 4.79 Å². The fourth-order valence-corrected chi connectivity index (χ4v) is 0.950. The molecule has 0 bridgehead atoms. The van der Waals surface area contributed by atoms with Crippen LogP contribution in [0, 0.1) is 0 Å². The molecule has 64 valence electrons. The molecule has 0 N–H and O–H groups in total. The standard InChI is InChI=1S/C9H15ClO/c1-3-5-6-8(10)7-9(11)4-2/h7H,3-6H2,1-2H3/b8-7-.